The Morgan fingerprint density at radius 1 is 0.700 bits per heavy atom. The standard InChI is InChI=1S/C18H33O2/c1-2-3-4-5-6-7-8-9-10-11-12-13-14-15-16-17-18(19)20/h12-13H,2-11,14-17H2,1H3/b13-12+. The Morgan fingerprint density at radius 2 is 1.15 bits per heavy atom. The molecule has 0 aliphatic heterocycles. The summed E-state index contributed by atoms with van der Waals surface area (Å²) in [6.45, 7) is 2.26. The minimum Gasteiger partial charge on any atom is -0.247 e. The number of unbranched alkanes of at least 4 members (excludes halogenated alkanes) is 11. The van der Waals surface area contributed by atoms with Crippen LogP contribution in [0.1, 0.15) is 96.8 Å². The highest BCUT2D eigenvalue weighted by Gasteiger charge is 1.96. The highest BCUT2D eigenvalue weighted by atomic mass is 16.4. The van der Waals surface area contributed by atoms with Crippen molar-refractivity contribution in [1.82, 2.24) is 0 Å². The van der Waals surface area contributed by atoms with Crippen LogP contribution < -0.4 is 0 Å². The zero-order chi connectivity index (χ0) is 14.9. The van der Waals surface area contributed by atoms with Crippen LogP contribution in [-0.2, 0) is 9.90 Å². The van der Waals surface area contributed by atoms with Crippen LogP contribution in [-0.4, -0.2) is 5.97 Å². The van der Waals surface area contributed by atoms with Crippen molar-refractivity contribution in [2.45, 2.75) is 96.8 Å². The van der Waals surface area contributed by atoms with Crippen LogP contribution in [0.2, 0.25) is 0 Å². The molecule has 0 aliphatic rings. The van der Waals surface area contributed by atoms with E-state index >= 15 is 0 Å². The Labute approximate surface area is 125 Å². The molecule has 20 heavy (non-hydrogen) atoms. The maximum atomic E-state index is 10.2. The van der Waals surface area contributed by atoms with Crippen molar-refractivity contribution < 1.29 is 9.90 Å². The molecule has 0 heterocycles. The molecule has 0 atom stereocenters. The SMILES string of the molecule is CCCCCCCCCCC/C=C/CCCCC([O])=O. The molecule has 2 heteroatoms. The fourth-order valence-electron chi connectivity index (χ4n) is 2.34. The van der Waals surface area contributed by atoms with Crippen molar-refractivity contribution in [3.63, 3.8) is 0 Å². The van der Waals surface area contributed by atoms with Gasteiger partial charge >= 0.3 is 5.97 Å². The quantitative estimate of drug-likeness (QED) is 0.268. The lowest BCUT2D eigenvalue weighted by Gasteiger charge is -2.00. The number of carbonyl (C=O) groups excluding carboxylic acids is 1. The molecule has 0 N–H and O–H groups in total. The molecule has 0 amide bonds. The topological polar surface area (TPSA) is 37.0 Å². The van der Waals surface area contributed by atoms with Crippen molar-refractivity contribution in [2.75, 3.05) is 0 Å². The first-order chi connectivity index (χ1) is 9.77. The molecule has 0 aromatic heterocycles. The molecule has 1 radical (unpaired) electrons. The van der Waals surface area contributed by atoms with E-state index in [9.17, 15) is 9.90 Å². The zero-order valence-electron chi connectivity index (χ0n) is 13.4. The van der Waals surface area contributed by atoms with Gasteiger partial charge in [0.05, 0.1) is 6.42 Å². The van der Waals surface area contributed by atoms with E-state index in [2.05, 4.69) is 19.1 Å². The summed E-state index contributed by atoms with van der Waals surface area (Å²) in [6.07, 6.45) is 20.9. The summed E-state index contributed by atoms with van der Waals surface area (Å²) in [5.41, 5.74) is 0. The van der Waals surface area contributed by atoms with Gasteiger partial charge in [-0.15, -0.1) is 0 Å². The Bertz CT molecular complexity index is 234. The molecule has 0 rings (SSSR count). The smallest absolute Gasteiger partial charge is 0.247 e. The van der Waals surface area contributed by atoms with Gasteiger partial charge in [0, 0.05) is 0 Å². The predicted octanol–water partition coefficient (Wildman–Crippen LogP) is 5.98. The normalized spacial score (nSPS) is 11.2. The predicted molar refractivity (Wildman–Crippen MR) is 85.1 cm³/mol. The fraction of sp³-hybridized carbons (Fsp3) is 0.833. The minimum atomic E-state index is -0.927. The summed E-state index contributed by atoms with van der Waals surface area (Å²) in [4.78, 5) is 10.2. The molecule has 0 spiro atoms. The van der Waals surface area contributed by atoms with E-state index in [0.717, 1.165) is 19.3 Å². The largest absolute Gasteiger partial charge is 0.355 e. The molecule has 0 aromatic carbocycles. The monoisotopic (exact) mass is 281 g/mol. The van der Waals surface area contributed by atoms with Crippen LogP contribution in [0.25, 0.3) is 0 Å². The number of rotatable bonds is 15. The Hall–Kier alpha value is -0.790. The second-order valence-electron chi connectivity index (χ2n) is 5.71. The number of allylic oxidation sites excluding steroid dienone is 2. The van der Waals surface area contributed by atoms with E-state index in [0.29, 0.717) is 0 Å². The van der Waals surface area contributed by atoms with Gasteiger partial charge in [0.1, 0.15) is 0 Å². The summed E-state index contributed by atoms with van der Waals surface area (Å²) in [5.74, 6) is -0.927. The van der Waals surface area contributed by atoms with E-state index in [4.69, 9.17) is 0 Å². The average Bonchev–Trinajstić information content (AvgIpc) is 2.43. The second kappa shape index (κ2) is 16.3. The van der Waals surface area contributed by atoms with Crippen LogP contribution >= 0.6 is 0 Å². The Balaban J connectivity index is 3.06. The molecule has 2 nitrogen and oxygen atoms in total. The van der Waals surface area contributed by atoms with Crippen molar-refractivity contribution >= 4 is 5.97 Å². The maximum Gasteiger partial charge on any atom is 0.355 e. The fourth-order valence-corrected chi connectivity index (χ4v) is 2.34. The van der Waals surface area contributed by atoms with E-state index in [1.807, 2.05) is 0 Å². The van der Waals surface area contributed by atoms with Crippen molar-refractivity contribution in [3.05, 3.63) is 12.2 Å². The van der Waals surface area contributed by atoms with Crippen LogP contribution in [0.4, 0.5) is 0 Å². The number of hydrogen-bond donors (Lipinski definition) is 0. The zero-order valence-corrected chi connectivity index (χ0v) is 13.4. The first-order valence-corrected chi connectivity index (χ1v) is 8.62. The minimum absolute atomic E-state index is 0.200. The third kappa shape index (κ3) is 17.2. The number of hydrogen-bond acceptors (Lipinski definition) is 1. The molecular weight excluding hydrogens is 248 g/mol. The molecule has 0 fully saturated rings. The van der Waals surface area contributed by atoms with Gasteiger partial charge in [0.25, 0.3) is 0 Å². The third-order valence-corrected chi connectivity index (χ3v) is 3.64. The highest BCUT2D eigenvalue weighted by Crippen LogP contribution is 2.11. The lowest BCUT2D eigenvalue weighted by Crippen LogP contribution is -1.90. The van der Waals surface area contributed by atoms with E-state index in [1.165, 1.54) is 64.2 Å². The molecule has 0 aliphatic carbocycles. The molecule has 0 aromatic rings. The van der Waals surface area contributed by atoms with Crippen LogP contribution in [0, 0.1) is 0 Å². The lowest BCUT2D eigenvalue weighted by atomic mass is 10.1. The molecule has 0 bridgehead atoms. The molecular formula is C18H33O2. The van der Waals surface area contributed by atoms with E-state index < -0.39 is 5.97 Å². The Morgan fingerprint density at radius 3 is 1.65 bits per heavy atom. The van der Waals surface area contributed by atoms with Crippen LogP contribution in [0.3, 0.4) is 0 Å². The van der Waals surface area contributed by atoms with Crippen molar-refractivity contribution in [3.8, 4) is 0 Å². The van der Waals surface area contributed by atoms with Gasteiger partial charge in [-0.25, -0.2) is 9.90 Å². The van der Waals surface area contributed by atoms with Gasteiger partial charge in [0.15, 0.2) is 0 Å². The Kier molecular flexibility index (Phi) is 15.6. The average molecular weight is 281 g/mol. The van der Waals surface area contributed by atoms with Gasteiger partial charge in [-0.05, 0) is 32.1 Å². The van der Waals surface area contributed by atoms with Crippen LogP contribution in [0.5, 0.6) is 0 Å². The van der Waals surface area contributed by atoms with Gasteiger partial charge in [-0.1, -0.05) is 70.4 Å². The van der Waals surface area contributed by atoms with Crippen LogP contribution in [0.15, 0.2) is 12.2 Å². The summed E-state index contributed by atoms with van der Waals surface area (Å²) in [5, 5.41) is 10.2. The summed E-state index contributed by atoms with van der Waals surface area (Å²) in [7, 11) is 0. The van der Waals surface area contributed by atoms with Gasteiger partial charge in [0.2, 0.25) is 0 Å². The first-order valence-electron chi connectivity index (χ1n) is 8.62. The van der Waals surface area contributed by atoms with E-state index in [-0.39, 0.29) is 6.42 Å². The highest BCUT2D eigenvalue weighted by molar-refractivity contribution is 5.66. The summed E-state index contributed by atoms with van der Waals surface area (Å²) >= 11 is 0. The lowest BCUT2D eigenvalue weighted by molar-refractivity contribution is -0.143. The van der Waals surface area contributed by atoms with Crippen molar-refractivity contribution in [2.24, 2.45) is 0 Å². The van der Waals surface area contributed by atoms with Gasteiger partial charge in [-0.3, -0.25) is 0 Å². The van der Waals surface area contributed by atoms with Gasteiger partial charge < -0.3 is 0 Å². The maximum absolute atomic E-state index is 10.2. The molecule has 0 saturated carbocycles. The molecule has 0 unspecified atom stereocenters. The summed E-state index contributed by atoms with van der Waals surface area (Å²) in [6, 6.07) is 0. The van der Waals surface area contributed by atoms with Crippen molar-refractivity contribution in [1.29, 1.82) is 0 Å². The van der Waals surface area contributed by atoms with Gasteiger partial charge in [-0.2, -0.15) is 0 Å². The number of carbonyl (C=O) groups is 1. The van der Waals surface area contributed by atoms with E-state index in [1.54, 1.807) is 0 Å². The summed E-state index contributed by atoms with van der Waals surface area (Å²) < 4.78 is 0. The second-order valence-corrected chi connectivity index (χ2v) is 5.71. The molecule has 0 saturated heterocycles. The third-order valence-electron chi connectivity index (χ3n) is 3.64. The molecule has 117 valence electrons. The first kappa shape index (κ1) is 19.2.